The van der Waals surface area contributed by atoms with Crippen LogP contribution in [0.4, 0.5) is 5.69 Å². The van der Waals surface area contributed by atoms with Gasteiger partial charge in [-0.25, -0.2) is 5.43 Å². The van der Waals surface area contributed by atoms with Crippen LogP contribution in [0.5, 0.6) is 0 Å². The summed E-state index contributed by atoms with van der Waals surface area (Å²) in [4.78, 5) is 2.43. The van der Waals surface area contributed by atoms with Gasteiger partial charge >= 0.3 is 0 Å². The molecule has 0 fully saturated rings. The van der Waals surface area contributed by atoms with E-state index in [1.807, 2.05) is 30.3 Å². The third-order valence-electron chi connectivity index (χ3n) is 3.59. The van der Waals surface area contributed by atoms with E-state index in [4.69, 9.17) is 0 Å². The van der Waals surface area contributed by atoms with Crippen molar-refractivity contribution in [3.05, 3.63) is 65.7 Å². The summed E-state index contributed by atoms with van der Waals surface area (Å²) < 4.78 is 0. The second kappa shape index (κ2) is 8.45. The summed E-state index contributed by atoms with van der Waals surface area (Å²) in [6.07, 6.45) is 0. The number of anilines is 1. The molecule has 0 radical (unpaired) electrons. The van der Waals surface area contributed by atoms with Gasteiger partial charge in [0.15, 0.2) is 0 Å². The first-order chi connectivity index (χ1) is 10.3. The van der Waals surface area contributed by atoms with Gasteiger partial charge in [0.25, 0.3) is 0 Å². The number of nitrogens with zero attached hydrogens (tertiary/aromatic N) is 1. The highest BCUT2D eigenvalue weighted by atomic mass is 15.3. The maximum atomic E-state index is 3.26. The summed E-state index contributed by atoms with van der Waals surface area (Å²) in [5, 5.41) is 0. The maximum Gasteiger partial charge on any atom is 0.0487 e. The standard InChI is InChI=1S/C18H25N3/c1-3-21(4-2)15-17-10-8-9-16(13-17)14-19-20-18-11-6-5-7-12-18/h5-13,19-20H,3-4,14-15H2,1-2H3. The molecule has 0 saturated heterocycles. The number of para-hydroxylation sites is 1. The van der Waals surface area contributed by atoms with Gasteiger partial charge in [-0.2, -0.15) is 0 Å². The minimum Gasteiger partial charge on any atom is -0.321 e. The first-order valence-electron chi connectivity index (χ1n) is 7.66. The molecule has 0 saturated carbocycles. The van der Waals surface area contributed by atoms with E-state index in [0.29, 0.717) is 0 Å². The van der Waals surface area contributed by atoms with Gasteiger partial charge in [-0.05, 0) is 36.3 Å². The van der Waals surface area contributed by atoms with Crippen LogP contribution in [-0.4, -0.2) is 18.0 Å². The van der Waals surface area contributed by atoms with Crippen LogP contribution < -0.4 is 10.9 Å². The summed E-state index contributed by atoms with van der Waals surface area (Å²) in [7, 11) is 0. The number of hydrogen-bond donors (Lipinski definition) is 2. The topological polar surface area (TPSA) is 27.3 Å². The van der Waals surface area contributed by atoms with E-state index in [0.717, 1.165) is 31.9 Å². The fourth-order valence-corrected chi connectivity index (χ4v) is 2.31. The van der Waals surface area contributed by atoms with E-state index in [-0.39, 0.29) is 0 Å². The molecule has 2 rings (SSSR count). The SMILES string of the molecule is CCN(CC)Cc1cccc(CNNc2ccccc2)c1. The van der Waals surface area contributed by atoms with E-state index in [9.17, 15) is 0 Å². The summed E-state index contributed by atoms with van der Waals surface area (Å²) in [5.41, 5.74) is 10.2. The Morgan fingerprint density at radius 1 is 0.857 bits per heavy atom. The van der Waals surface area contributed by atoms with Gasteiger partial charge in [0.2, 0.25) is 0 Å². The highest BCUT2D eigenvalue weighted by molar-refractivity contribution is 5.41. The second-order valence-corrected chi connectivity index (χ2v) is 5.13. The summed E-state index contributed by atoms with van der Waals surface area (Å²) >= 11 is 0. The Morgan fingerprint density at radius 3 is 2.29 bits per heavy atom. The van der Waals surface area contributed by atoms with Gasteiger partial charge in [-0.15, -0.1) is 0 Å². The highest BCUT2D eigenvalue weighted by Crippen LogP contribution is 2.09. The number of hydrazine groups is 1. The lowest BCUT2D eigenvalue weighted by Gasteiger charge is -2.18. The summed E-state index contributed by atoms with van der Waals surface area (Å²) in [6.45, 7) is 8.42. The Morgan fingerprint density at radius 2 is 1.57 bits per heavy atom. The molecule has 0 aliphatic carbocycles. The molecule has 3 nitrogen and oxygen atoms in total. The van der Waals surface area contributed by atoms with Crippen molar-refractivity contribution in [3.63, 3.8) is 0 Å². The molecule has 2 aromatic rings. The van der Waals surface area contributed by atoms with Crippen LogP contribution in [0.3, 0.4) is 0 Å². The van der Waals surface area contributed by atoms with E-state index in [1.54, 1.807) is 0 Å². The summed E-state index contributed by atoms with van der Waals surface area (Å²) in [6, 6.07) is 18.9. The number of benzene rings is 2. The first-order valence-corrected chi connectivity index (χ1v) is 7.66. The van der Waals surface area contributed by atoms with Crippen LogP contribution in [0.15, 0.2) is 54.6 Å². The molecular formula is C18H25N3. The number of rotatable bonds is 8. The molecule has 0 unspecified atom stereocenters. The molecule has 2 aromatic carbocycles. The van der Waals surface area contributed by atoms with E-state index < -0.39 is 0 Å². The largest absolute Gasteiger partial charge is 0.321 e. The lowest BCUT2D eigenvalue weighted by molar-refractivity contribution is 0.296. The highest BCUT2D eigenvalue weighted by Gasteiger charge is 2.02. The molecular weight excluding hydrogens is 258 g/mol. The predicted octanol–water partition coefficient (Wildman–Crippen LogP) is 3.65. The Bertz CT molecular complexity index is 521. The van der Waals surface area contributed by atoms with Gasteiger partial charge in [-0.3, -0.25) is 4.90 Å². The molecule has 0 spiro atoms. The van der Waals surface area contributed by atoms with E-state index in [2.05, 4.69) is 53.9 Å². The Labute approximate surface area is 128 Å². The van der Waals surface area contributed by atoms with Crippen molar-refractivity contribution in [1.29, 1.82) is 0 Å². The quantitative estimate of drug-likeness (QED) is 0.724. The molecule has 0 aliphatic heterocycles. The fourth-order valence-electron chi connectivity index (χ4n) is 2.31. The van der Waals surface area contributed by atoms with Crippen molar-refractivity contribution in [2.45, 2.75) is 26.9 Å². The minimum atomic E-state index is 0.807. The monoisotopic (exact) mass is 283 g/mol. The van der Waals surface area contributed by atoms with Gasteiger partial charge in [-0.1, -0.05) is 56.3 Å². The number of nitrogens with one attached hydrogen (secondary N) is 2. The normalized spacial score (nSPS) is 10.8. The van der Waals surface area contributed by atoms with Crippen LogP contribution in [0, 0.1) is 0 Å². The Hall–Kier alpha value is -1.84. The van der Waals surface area contributed by atoms with Crippen molar-refractivity contribution >= 4 is 5.69 Å². The molecule has 0 amide bonds. The van der Waals surface area contributed by atoms with E-state index >= 15 is 0 Å². The number of hydrogen-bond acceptors (Lipinski definition) is 3. The second-order valence-electron chi connectivity index (χ2n) is 5.13. The smallest absolute Gasteiger partial charge is 0.0487 e. The van der Waals surface area contributed by atoms with Crippen molar-refractivity contribution in [1.82, 2.24) is 10.3 Å². The van der Waals surface area contributed by atoms with Crippen molar-refractivity contribution in [2.75, 3.05) is 18.5 Å². The first kappa shape index (κ1) is 15.5. The predicted molar refractivity (Wildman–Crippen MR) is 90.0 cm³/mol. The lowest BCUT2D eigenvalue weighted by atomic mass is 10.1. The van der Waals surface area contributed by atoms with Crippen molar-refractivity contribution < 1.29 is 0 Å². The van der Waals surface area contributed by atoms with Crippen LogP contribution in [0.25, 0.3) is 0 Å². The van der Waals surface area contributed by atoms with Crippen molar-refractivity contribution in [2.24, 2.45) is 0 Å². The lowest BCUT2D eigenvalue weighted by Crippen LogP contribution is -2.23. The average molecular weight is 283 g/mol. The average Bonchev–Trinajstić information content (AvgIpc) is 2.54. The molecule has 112 valence electrons. The Kier molecular flexibility index (Phi) is 6.25. The molecule has 0 atom stereocenters. The third kappa shape index (κ3) is 5.21. The zero-order valence-electron chi connectivity index (χ0n) is 13.0. The molecule has 2 N–H and O–H groups in total. The fraction of sp³-hybridized carbons (Fsp3) is 0.333. The zero-order valence-corrected chi connectivity index (χ0v) is 13.0. The van der Waals surface area contributed by atoms with Crippen molar-refractivity contribution in [3.8, 4) is 0 Å². The molecule has 0 heterocycles. The summed E-state index contributed by atoms with van der Waals surface area (Å²) in [5.74, 6) is 0. The third-order valence-corrected chi connectivity index (χ3v) is 3.59. The van der Waals surface area contributed by atoms with Gasteiger partial charge in [0.05, 0.1) is 0 Å². The van der Waals surface area contributed by atoms with E-state index in [1.165, 1.54) is 11.1 Å². The van der Waals surface area contributed by atoms with Crippen LogP contribution >= 0.6 is 0 Å². The van der Waals surface area contributed by atoms with Gasteiger partial charge in [0, 0.05) is 18.8 Å². The molecule has 0 aliphatic rings. The van der Waals surface area contributed by atoms with Crippen LogP contribution in [0.2, 0.25) is 0 Å². The molecule has 21 heavy (non-hydrogen) atoms. The van der Waals surface area contributed by atoms with Gasteiger partial charge in [0.1, 0.15) is 0 Å². The maximum absolute atomic E-state index is 3.26. The zero-order chi connectivity index (χ0) is 14.9. The van der Waals surface area contributed by atoms with Crippen LogP contribution in [0.1, 0.15) is 25.0 Å². The molecule has 0 bridgehead atoms. The van der Waals surface area contributed by atoms with Crippen LogP contribution in [-0.2, 0) is 13.1 Å². The Balaban J connectivity index is 1.86. The van der Waals surface area contributed by atoms with Gasteiger partial charge < -0.3 is 5.43 Å². The molecule has 3 heteroatoms. The minimum absolute atomic E-state index is 0.807. The molecule has 0 aromatic heterocycles.